The van der Waals surface area contributed by atoms with E-state index in [-0.39, 0.29) is 17.9 Å². The summed E-state index contributed by atoms with van der Waals surface area (Å²) in [6.45, 7) is 5.46. The number of para-hydroxylation sites is 1. The molecule has 6 heteroatoms. The van der Waals surface area contributed by atoms with E-state index in [0.717, 1.165) is 43.2 Å². The van der Waals surface area contributed by atoms with Gasteiger partial charge in [0.15, 0.2) is 11.5 Å². The first kappa shape index (κ1) is 18.5. The molecule has 0 aliphatic carbocycles. The molecule has 0 N–H and O–H groups in total. The topological polar surface area (TPSA) is 51.2 Å². The first-order chi connectivity index (χ1) is 14.2. The second-order valence-electron chi connectivity index (χ2n) is 8.25. The second kappa shape index (κ2) is 7.69. The van der Waals surface area contributed by atoms with Crippen LogP contribution in [-0.2, 0) is 16.1 Å². The highest BCUT2D eigenvalue weighted by atomic mass is 16.6. The van der Waals surface area contributed by atoms with Gasteiger partial charge in [-0.3, -0.25) is 9.69 Å². The number of benzene rings is 2. The fourth-order valence-electron chi connectivity index (χ4n) is 4.60. The number of ether oxygens (including phenoxy) is 3. The number of anilines is 1. The lowest BCUT2D eigenvalue weighted by molar-refractivity contribution is -0.122. The van der Waals surface area contributed by atoms with Gasteiger partial charge in [-0.15, -0.1) is 0 Å². The Labute approximate surface area is 171 Å². The molecule has 3 aliphatic rings. The molecule has 2 aromatic carbocycles. The molecule has 2 fully saturated rings. The van der Waals surface area contributed by atoms with Crippen molar-refractivity contribution in [1.29, 1.82) is 0 Å². The van der Waals surface area contributed by atoms with E-state index in [9.17, 15) is 4.79 Å². The first-order valence-corrected chi connectivity index (χ1v) is 10.2. The number of rotatable bonds is 3. The monoisotopic (exact) mass is 394 g/mol. The van der Waals surface area contributed by atoms with Crippen LogP contribution in [0.3, 0.4) is 0 Å². The minimum Gasteiger partial charge on any atom is -0.486 e. The van der Waals surface area contributed by atoms with Crippen LogP contribution in [0.4, 0.5) is 5.69 Å². The first-order valence-electron chi connectivity index (χ1n) is 10.2. The molecule has 2 saturated heterocycles. The molecule has 152 valence electrons. The van der Waals surface area contributed by atoms with Gasteiger partial charge in [-0.05, 0) is 42.8 Å². The molecule has 0 saturated carbocycles. The molecule has 5 rings (SSSR count). The van der Waals surface area contributed by atoms with E-state index in [1.54, 1.807) is 0 Å². The SMILES string of the molecule is O=C1COCC2(CCN(Cc3ccc4c(c3)OCCO4)C2)CN1c1ccccc1. The van der Waals surface area contributed by atoms with Gasteiger partial charge in [0.05, 0.1) is 6.61 Å². The van der Waals surface area contributed by atoms with Crippen LogP contribution in [0.1, 0.15) is 12.0 Å². The Balaban J connectivity index is 1.30. The molecule has 1 unspecified atom stereocenters. The Kier molecular flexibility index (Phi) is 4.89. The van der Waals surface area contributed by atoms with Gasteiger partial charge in [0.25, 0.3) is 5.91 Å². The number of amides is 1. The van der Waals surface area contributed by atoms with Crippen molar-refractivity contribution < 1.29 is 19.0 Å². The number of hydrogen-bond donors (Lipinski definition) is 0. The lowest BCUT2D eigenvalue weighted by Crippen LogP contribution is -2.42. The van der Waals surface area contributed by atoms with Crippen molar-refractivity contribution in [2.75, 3.05) is 51.0 Å². The zero-order valence-electron chi connectivity index (χ0n) is 16.5. The summed E-state index contributed by atoms with van der Waals surface area (Å²) in [6, 6.07) is 16.1. The minimum absolute atomic E-state index is 0.0319. The van der Waals surface area contributed by atoms with E-state index >= 15 is 0 Å². The largest absolute Gasteiger partial charge is 0.486 e. The molecule has 1 spiro atoms. The molecule has 0 bridgehead atoms. The maximum atomic E-state index is 12.6. The van der Waals surface area contributed by atoms with Crippen LogP contribution in [0.2, 0.25) is 0 Å². The highest BCUT2D eigenvalue weighted by Crippen LogP contribution is 2.37. The predicted octanol–water partition coefficient (Wildman–Crippen LogP) is 2.71. The average molecular weight is 394 g/mol. The van der Waals surface area contributed by atoms with Crippen molar-refractivity contribution in [3.8, 4) is 11.5 Å². The molecule has 2 aromatic rings. The van der Waals surface area contributed by atoms with E-state index in [1.165, 1.54) is 5.56 Å². The van der Waals surface area contributed by atoms with Crippen molar-refractivity contribution in [3.63, 3.8) is 0 Å². The van der Waals surface area contributed by atoms with Gasteiger partial charge in [-0.1, -0.05) is 24.3 Å². The van der Waals surface area contributed by atoms with Gasteiger partial charge in [0.2, 0.25) is 0 Å². The van der Waals surface area contributed by atoms with Gasteiger partial charge >= 0.3 is 0 Å². The average Bonchev–Trinajstić information content (AvgIpc) is 3.06. The number of fused-ring (bicyclic) bond motifs is 1. The summed E-state index contributed by atoms with van der Waals surface area (Å²) in [7, 11) is 0. The summed E-state index contributed by atoms with van der Waals surface area (Å²) in [6.07, 6.45) is 1.02. The van der Waals surface area contributed by atoms with Crippen LogP contribution in [0, 0.1) is 5.41 Å². The van der Waals surface area contributed by atoms with Crippen LogP contribution in [0.5, 0.6) is 11.5 Å². The van der Waals surface area contributed by atoms with Crippen molar-refractivity contribution in [3.05, 3.63) is 54.1 Å². The fraction of sp³-hybridized carbons (Fsp3) is 0.435. The van der Waals surface area contributed by atoms with Crippen molar-refractivity contribution in [2.45, 2.75) is 13.0 Å². The molecule has 3 heterocycles. The number of carbonyl (C=O) groups excluding carboxylic acids is 1. The van der Waals surface area contributed by atoms with E-state index < -0.39 is 0 Å². The highest BCUT2D eigenvalue weighted by Gasteiger charge is 2.43. The Morgan fingerprint density at radius 3 is 2.66 bits per heavy atom. The Hall–Kier alpha value is -2.57. The molecule has 0 radical (unpaired) electrons. The summed E-state index contributed by atoms with van der Waals surface area (Å²) >= 11 is 0. The molecule has 3 aliphatic heterocycles. The van der Waals surface area contributed by atoms with Crippen LogP contribution < -0.4 is 14.4 Å². The van der Waals surface area contributed by atoms with Gasteiger partial charge in [-0.25, -0.2) is 0 Å². The zero-order valence-corrected chi connectivity index (χ0v) is 16.5. The molecular weight excluding hydrogens is 368 g/mol. The van der Waals surface area contributed by atoms with Gasteiger partial charge in [-0.2, -0.15) is 0 Å². The third kappa shape index (κ3) is 3.82. The predicted molar refractivity (Wildman–Crippen MR) is 109 cm³/mol. The lowest BCUT2D eigenvalue weighted by Gasteiger charge is -2.32. The van der Waals surface area contributed by atoms with Gasteiger partial charge in [0, 0.05) is 30.7 Å². The maximum Gasteiger partial charge on any atom is 0.252 e. The minimum atomic E-state index is -0.0319. The maximum absolute atomic E-state index is 12.6. The summed E-state index contributed by atoms with van der Waals surface area (Å²) in [5.41, 5.74) is 2.14. The summed E-state index contributed by atoms with van der Waals surface area (Å²) in [5, 5.41) is 0. The van der Waals surface area contributed by atoms with Crippen molar-refractivity contribution in [2.24, 2.45) is 5.41 Å². The summed E-state index contributed by atoms with van der Waals surface area (Å²) in [5.74, 6) is 1.70. The normalized spacial score (nSPS) is 24.7. The van der Waals surface area contributed by atoms with Gasteiger partial charge < -0.3 is 19.1 Å². The van der Waals surface area contributed by atoms with Crippen molar-refractivity contribution in [1.82, 2.24) is 4.90 Å². The molecule has 1 amide bonds. The zero-order chi connectivity index (χ0) is 19.7. The smallest absolute Gasteiger partial charge is 0.252 e. The number of nitrogens with zero attached hydrogens (tertiary/aromatic N) is 2. The van der Waals surface area contributed by atoms with E-state index in [2.05, 4.69) is 17.0 Å². The molecular formula is C23H26N2O4. The number of carbonyl (C=O) groups is 1. The molecule has 0 aromatic heterocycles. The molecule has 1 atom stereocenters. The van der Waals surface area contributed by atoms with Crippen LogP contribution in [0.15, 0.2) is 48.5 Å². The second-order valence-corrected chi connectivity index (χ2v) is 8.25. The third-order valence-corrected chi connectivity index (χ3v) is 6.03. The van der Waals surface area contributed by atoms with E-state index in [1.807, 2.05) is 41.3 Å². The van der Waals surface area contributed by atoms with Gasteiger partial charge in [0.1, 0.15) is 19.8 Å². The number of likely N-dealkylation sites (tertiary alicyclic amines) is 1. The summed E-state index contributed by atoms with van der Waals surface area (Å²) in [4.78, 5) is 17.0. The molecule has 6 nitrogen and oxygen atoms in total. The van der Waals surface area contributed by atoms with Crippen LogP contribution in [0.25, 0.3) is 0 Å². The van der Waals surface area contributed by atoms with Crippen LogP contribution in [-0.4, -0.2) is 56.9 Å². The van der Waals surface area contributed by atoms with Crippen molar-refractivity contribution >= 4 is 11.6 Å². The highest BCUT2D eigenvalue weighted by molar-refractivity contribution is 5.94. The Morgan fingerprint density at radius 2 is 1.79 bits per heavy atom. The quantitative estimate of drug-likeness (QED) is 0.801. The number of hydrogen-bond acceptors (Lipinski definition) is 5. The molecule has 29 heavy (non-hydrogen) atoms. The van der Waals surface area contributed by atoms with Crippen LogP contribution >= 0.6 is 0 Å². The third-order valence-electron chi connectivity index (χ3n) is 6.03. The van der Waals surface area contributed by atoms with E-state index in [0.29, 0.717) is 26.4 Å². The Morgan fingerprint density at radius 1 is 0.966 bits per heavy atom. The lowest BCUT2D eigenvalue weighted by atomic mass is 9.87. The summed E-state index contributed by atoms with van der Waals surface area (Å²) < 4.78 is 17.2. The Bertz CT molecular complexity index is 888. The van der Waals surface area contributed by atoms with E-state index in [4.69, 9.17) is 14.2 Å². The fourth-order valence-corrected chi connectivity index (χ4v) is 4.60. The standard InChI is InChI=1S/C23H26N2O4/c26-22-14-27-17-23(16-25(22)19-4-2-1-3-5-19)8-9-24(15-23)13-18-6-7-20-21(12-18)29-11-10-28-20/h1-7,12H,8-11,13-17H2.